The Bertz CT molecular complexity index is 956. The topological polar surface area (TPSA) is 64.0 Å². The van der Waals surface area contributed by atoms with Crippen molar-refractivity contribution in [2.75, 3.05) is 4.72 Å². The van der Waals surface area contributed by atoms with Crippen molar-refractivity contribution in [3.8, 4) is 0 Å². The van der Waals surface area contributed by atoms with Crippen molar-refractivity contribution in [3.63, 3.8) is 0 Å². The molecule has 0 saturated carbocycles. The van der Waals surface area contributed by atoms with Crippen LogP contribution in [0.1, 0.15) is 5.56 Å². The fourth-order valence-corrected chi connectivity index (χ4v) is 3.27. The van der Waals surface area contributed by atoms with Gasteiger partial charge in [-0.3, -0.25) is 9.40 Å². The lowest BCUT2D eigenvalue weighted by Gasteiger charge is -2.07. The Balaban J connectivity index is 1.78. The van der Waals surface area contributed by atoms with Crippen molar-refractivity contribution in [2.24, 2.45) is 0 Å². The molecule has 0 spiro atoms. The molecule has 24 heavy (non-hydrogen) atoms. The second kappa shape index (κ2) is 6.40. The fraction of sp³-hybridized carbons (Fsp3) is 0.0625. The molecular weight excluding hydrogens is 336 g/mol. The summed E-state index contributed by atoms with van der Waals surface area (Å²) in [4.78, 5) is -0.625. The highest BCUT2D eigenvalue weighted by Gasteiger charge is 2.20. The van der Waals surface area contributed by atoms with Crippen LogP contribution < -0.4 is 4.72 Å². The first kappa shape index (κ1) is 16.1. The lowest BCUT2D eigenvalue weighted by molar-refractivity contribution is 0.551. The van der Waals surface area contributed by atoms with E-state index in [2.05, 4.69) is 9.82 Å². The number of halogens is 2. The Hall–Kier alpha value is -2.74. The Labute approximate surface area is 137 Å². The van der Waals surface area contributed by atoms with Gasteiger partial charge in [-0.15, -0.1) is 0 Å². The van der Waals surface area contributed by atoms with Crippen molar-refractivity contribution >= 4 is 15.7 Å². The van der Waals surface area contributed by atoms with Crippen molar-refractivity contribution in [1.29, 1.82) is 0 Å². The quantitative estimate of drug-likeness (QED) is 0.770. The van der Waals surface area contributed by atoms with Crippen molar-refractivity contribution in [2.45, 2.75) is 11.4 Å². The molecule has 1 N–H and O–H groups in total. The van der Waals surface area contributed by atoms with Crippen LogP contribution in [-0.4, -0.2) is 18.2 Å². The minimum absolute atomic E-state index is 0.189. The molecule has 3 aromatic rings. The Morgan fingerprint density at radius 1 is 1.08 bits per heavy atom. The highest BCUT2D eigenvalue weighted by atomic mass is 32.2. The molecule has 1 heterocycles. The smallest absolute Gasteiger partial charge is 0.264 e. The molecule has 0 aliphatic rings. The summed E-state index contributed by atoms with van der Waals surface area (Å²) in [5.41, 5.74) is 1.19. The van der Waals surface area contributed by atoms with E-state index in [-0.39, 0.29) is 5.69 Å². The van der Waals surface area contributed by atoms with Crippen LogP contribution in [0.3, 0.4) is 0 Å². The van der Waals surface area contributed by atoms with E-state index in [0.29, 0.717) is 12.6 Å². The third kappa shape index (κ3) is 3.60. The second-order valence-electron chi connectivity index (χ2n) is 5.09. The van der Waals surface area contributed by atoms with Gasteiger partial charge in [-0.2, -0.15) is 5.10 Å². The van der Waals surface area contributed by atoms with E-state index in [1.807, 2.05) is 30.3 Å². The maximum absolute atomic E-state index is 13.7. The molecule has 0 fully saturated rings. The van der Waals surface area contributed by atoms with Crippen LogP contribution in [0.15, 0.2) is 65.8 Å². The Kier molecular flexibility index (Phi) is 4.30. The van der Waals surface area contributed by atoms with Crippen LogP contribution >= 0.6 is 0 Å². The van der Waals surface area contributed by atoms with Crippen LogP contribution in [-0.2, 0) is 16.6 Å². The van der Waals surface area contributed by atoms with Crippen LogP contribution in [0.4, 0.5) is 14.5 Å². The monoisotopic (exact) mass is 349 g/mol. The van der Waals surface area contributed by atoms with Gasteiger partial charge in [-0.05, 0) is 17.7 Å². The van der Waals surface area contributed by atoms with Gasteiger partial charge in [0.15, 0.2) is 0 Å². The van der Waals surface area contributed by atoms with Crippen LogP contribution in [0.2, 0.25) is 0 Å². The summed E-state index contributed by atoms with van der Waals surface area (Å²) in [6.45, 7) is 0.466. The highest BCUT2D eigenvalue weighted by molar-refractivity contribution is 7.92. The highest BCUT2D eigenvalue weighted by Crippen LogP contribution is 2.19. The van der Waals surface area contributed by atoms with Gasteiger partial charge in [0.25, 0.3) is 10.0 Å². The van der Waals surface area contributed by atoms with Crippen molar-refractivity contribution in [1.82, 2.24) is 9.78 Å². The first-order valence-corrected chi connectivity index (χ1v) is 8.46. The second-order valence-corrected chi connectivity index (χ2v) is 6.74. The zero-order chi connectivity index (χ0) is 17.2. The summed E-state index contributed by atoms with van der Waals surface area (Å²) in [5.74, 6) is -2.00. The lowest BCUT2D eigenvalue weighted by atomic mass is 10.2. The minimum Gasteiger partial charge on any atom is -0.276 e. The molecule has 3 rings (SSSR count). The summed E-state index contributed by atoms with van der Waals surface area (Å²) in [5, 5.41) is 4.06. The van der Waals surface area contributed by atoms with E-state index in [1.165, 1.54) is 12.4 Å². The number of benzene rings is 2. The fourth-order valence-electron chi connectivity index (χ4n) is 2.18. The zero-order valence-corrected chi connectivity index (χ0v) is 13.2. The number of hydrogen-bond donors (Lipinski definition) is 1. The first-order chi connectivity index (χ1) is 11.4. The predicted octanol–water partition coefficient (Wildman–Crippen LogP) is 3.01. The summed E-state index contributed by atoms with van der Waals surface area (Å²) in [6, 6.07) is 11.8. The molecule has 0 atom stereocenters. The number of aromatic nitrogens is 2. The van der Waals surface area contributed by atoms with Crippen molar-refractivity contribution in [3.05, 3.63) is 78.1 Å². The number of nitrogens with one attached hydrogen (secondary N) is 1. The number of hydrogen-bond acceptors (Lipinski definition) is 3. The molecule has 5 nitrogen and oxygen atoms in total. The van der Waals surface area contributed by atoms with Gasteiger partial charge in [-0.25, -0.2) is 17.2 Å². The molecule has 0 bridgehead atoms. The van der Waals surface area contributed by atoms with Gasteiger partial charge >= 0.3 is 0 Å². The number of nitrogens with zero attached hydrogens (tertiary/aromatic N) is 2. The number of sulfonamides is 1. The largest absolute Gasteiger partial charge is 0.276 e. The molecule has 0 amide bonds. The lowest BCUT2D eigenvalue weighted by Crippen LogP contribution is -2.14. The van der Waals surface area contributed by atoms with Crippen LogP contribution in [0, 0.1) is 11.6 Å². The van der Waals surface area contributed by atoms with E-state index in [0.717, 1.165) is 17.7 Å². The van der Waals surface area contributed by atoms with E-state index in [9.17, 15) is 17.2 Å². The van der Waals surface area contributed by atoms with E-state index in [4.69, 9.17) is 0 Å². The Morgan fingerprint density at radius 2 is 1.83 bits per heavy atom. The standard InChI is InChI=1S/C16H13F2N3O2S/c17-13-6-7-16(15(18)8-13)24(22,23)20-14-9-19-21(11-14)10-12-4-2-1-3-5-12/h1-9,11,20H,10H2. The van der Waals surface area contributed by atoms with E-state index < -0.39 is 26.6 Å². The normalized spacial score (nSPS) is 11.4. The van der Waals surface area contributed by atoms with Gasteiger partial charge in [0.1, 0.15) is 16.5 Å². The van der Waals surface area contributed by atoms with Crippen LogP contribution in [0.25, 0.3) is 0 Å². The summed E-state index contributed by atoms with van der Waals surface area (Å²) in [6.07, 6.45) is 2.81. The summed E-state index contributed by atoms with van der Waals surface area (Å²) in [7, 11) is -4.17. The SMILES string of the molecule is O=S(=O)(Nc1cnn(Cc2ccccc2)c1)c1ccc(F)cc1F. The van der Waals surface area contributed by atoms with E-state index >= 15 is 0 Å². The molecule has 1 aromatic heterocycles. The van der Waals surface area contributed by atoms with Gasteiger partial charge in [0, 0.05) is 12.3 Å². The minimum atomic E-state index is -4.17. The first-order valence-electron chi connectivity index (χ1n) is 6.98. The molecule has 0 aliphatic carbocycles. The maximum Gasteiger partial charge on any atom is 0.264 e. The maximum atomic E-state index is 13.7. The van der Waals surface area contributed by atoms with Gasteiger partial charge in [-0.1, -0.05) is 30.3 Å². The molecule has 8 heteroatoms. The zero-order valence-electron chi connectivity index (χ0n) is 12.4. The van der Waals surface area contributed by atoms with Crippen LogP contribution in [0.5, 0.6) is 0 Å². The number of rotatable bonds is 5. The third-order valence-electron chi connectivity index (χ3n) is 3.26. The molecule has 124 valence electrons. The van der Waals surface area contributed by atoms with Crippen molar-refractivity contribution < 1.29 is 17.2 Å². The molecule has 0 saturated heterocycles. The Morgan fingerprint density at radius 3 is 2.54 bits per heavy atom. The third-order valence-corrected chi connectivity index (χ3v) is 4.67. The molecule has 2 aromatic carbocycles. The molecule has 0 radical (unpaired) electrons. The molecule has 0 unspecified atom stereocenters. The van der Waals surface area contributed by atoms with Gasteiger partial charge in [0.2, 0.25) is 0 Å². The molecule has 0 aliphatic heterocycles. The van der Waals surface area contributed by atoms with Gasteiger partial charge in [0.05, 0.1) is 18.4 Å². The summed E-state index contributed by atoms with van der Waals surface area (Å²) < 4.78 is 54.7. The predicted molar refractivity (Wildman–Crippen MR) is 84.9 cm³/mol. The average Bonchev–Trinajstić information content (AvgIpc) is 2.94. The average molecular weight is 349 g/mol. The summed E-state index contributed by atoms with van der Waals surface area (Å²) >= 11 is 0. The van der Waals surface area contributed by atoms with Gasteiger partial charge < -0.3 is 0 Å². The number of anilines is 1. The molecular formula is C16H13F2N3O2S. The van der Waals surface area contributed by atoms with E-state index in [1.54, 1.807) is 4.68 Å².